The van der Waals surface area contributed by atoms with Crippen LogP contribution in [0.25, 0.3) is 0 Å². The maximum absolute atomic E-state index is 5.69. The Labute approximate surface area is 109 Å². The second-order valence-electron chi connectivity index (χ2n) is 5.00. The van der Waals surface area contributed by atoms with Crippen molar-refractivity contribution in [3.05, 3.63) is 52.1 Å². The molecule has 0 amide bonds. The van der Waals surface area contributed by atoms with Gasteiger partial charge in [0.05, 0.1) is 12.2 Å². The minimum absolute atomic E-state index is 0.490. The topological polar surface area (TPSA) is 43.8 Å². The largest absolute Gasteiger partial charge is 0.334 e. The molecule has 1 aromatic carbocycles. The van der Waals surface area contributed by atoms with Crippen molar-refractivity contribution in [2.45, 2.75) is 33.7 Å². The molecule has 0 unspecified atom stereocenters. The smallest absolute Gasteiger partial charge is 0.122 e. The summed E-state index contributed by atoms with van der Waals surface area (Å²) in [4.78, 5) is 4.62. The summed E-state index contributed by atoms with van der Waals surface area (Å²) >= 11 is 0. The molecule has 0 radical (unpaired) electrons. The van der Waals surface area contributed by atoms with Crippen LogP contribution in [0.5, 0.6) is 0 Å². The molecule has 0 spiro atoms. The molecule has 0 aliphatic carbocycles. The monoisotopic (exact) mass is 243 g/mol. The first-order valence-electron chi connectivity index (χ1n) is 6.29. The van der Waals surface area contributed by atoms with Crippen LogP contribution in [-0.2, 0) is 20.0 Å². The summed E-state index contributed by atoms with van der Waals surface area (Å²) in [6, 6.07) is 6.65. The zero-order chi connectivity index (χ0) is 13.3. The lowest BCUT2D eigenvalue weighted by molar-refractivity contribution is 0.774. The van der Waals surface area contributed by atoms with Gasteiger partial charge in [-0.1, -0.05) is 29.3 Å². The fourth-order valence-electron chi connectivity index (χ4n) is 2.41. The lowest BCUT2D eigenvalue weighted by atomic mass is 10.0. The van der Waals surface area contributed by atoms with E-state index in [0.717, 1.165) is 17.9 Å². The summed E-state index contributed by atoms with van der Waals surface area (Å²) in [7, 11) is 2.02. The molecule has 2 aromatic rings. The van der Waals surface area contributed by atoms with Gasteiger partial charge in [0.15, 0.2) is 0 Å². The normalized spacial score (nSPS) is 10.9. The summed E-state index contributed by atoms with van der Waals surface area (Å²) in [6.07, 6.45) is 0.877. The molecule has 3 heteroatoms. The van der Waals surface area contributed by atoms with E-state index in [1.165, 1.54) is 22.4 Å². The third-order valence-electron chi connectivity index (χ3n) is 3.41. The van der Waals surface area contributed by atoms with Gasteiger partial charge in [-0.25, -0.2) is 4.98 Å². The molecule has 2 N–H and O–H groups in total. The highest BCUT2D eigenvalue weighted by Gasteiger charge is 2.10. The SMILES string of the molecule is Cc1cc(C)cc(Cc2nc(CN)n(C)c2C)c1. The number of rotatable bonds is 3. The van der Waals surface area contributed by atoms with Crippen molar-refractivity contribution in [3.8, 4) is 0 Å². The van der Waals surface area contributed by atoms with Crippen LogP contribution in [-0.4, -0.2) is 9.55 Å². The lowest BCUT2D eigenvalue weighted by Gasteiger charge is -2.04. The average Bonchev–Trinajstić information content (AvgIpc) is 2.55. The first-order chi connectivity index (χ1) is 8.51. The van der Waals surface area contributed by atoms with Crippen molar-refractivity contribution in [2.24, 2.45) is 12.8 Å². The second-order valence-corrected chi connectivity index (χ2v) is 5.00. The lowest BCUT2D eigenvalue weighted by Crippen LogP contribution is -2.05. The molecule has 1 heterocycles. The van der Waals surface area contributed by atoms with Crippen molar-refractivity contribution < 1.29 is 0 Å². The summed E-state index contributed by atoms with van der Waals surface area (Å²) in [6.45, 7) is 6.86. The summed E-state index contributed by atoms with van der Waals surface area (Å²) in [5.74, 6) is 0.951. The molecule has 96 valence electrons. The Bertz CT molecular complexity index is 547. The molecule has 0 aliphatic rings. The molecule has 0 saturated heterocycles. The van der Waals surface area contributed by atoms with Crippen molar-refractivity contribution in [3.63, 3.8) is 0 Å². The fourth-order valence-corrected chi connectivity index (χ4v) is 2.41. The van der Waals surface area contributed by atoms with Crippen molar-refractivity contribution in [2.75, 3.05) is 0 Å². The van der Waals surface area contributed by atoms with E-state index in [1.54, 1.807) is 0 Å². The molecule has 0 atom stereocenters. The summed E-state index contributed by atoms with van der Waals surface area (Å²) in [5.41, 5.74) is 11.9. The molecule has 2 rings (SSSR count). The van der Waals surface area contributed by atoms with E-state index in [4.69, 9.17) is 5.73 Å². The van der Waals surface area contributed by atoms with E-state index in [0.29, 0.717) is 6.54 Å². The van der Waals surface area contributed by atoms with Crippen LogP contribution in [0.15, 0.2) is 18.2 Å². The van der Waals surface area contributed by atoms with Gasteiger partial charge in [0, 0.05) is 19.2 Å². The van der Waals surface area contributed by atoms with Crippen molar-refractivity contribution in [1.82, 2.24) is 9.55 Å². The van der Waals surface area contributed by atoms with Gasteiger partial charge < -0.3 is 10.3 Å². The van der Waals surface area contributed by atoms with Gasteiger partial charge in [-0.15, -0.1) is 0 Å². The van der Waals surface area contributed by atoms with Gasteiger partial charge in [0.1, 0.15) is 5.82 Å². The van der Waals surface area contributed by atoms with E-state index >= 15 is 0 Å². The fraction of sp³-hybridized carbons (Fsp3) is 0.400. The Hall–Kier alpha value is -1.61. The zero-order valence-electron chi connectivity index (χ0n) is 11.6. The molecule has 0 saturated carbocycles. The Balaban J connectivity index is 2.34. The number of hydrogen-bond donors (Lipinski definition) is 1. The second kappa shape index (κ2) is 4.94. The third kappa shape index (κ3) is 2.46. The van der Waals surface area contributed by atoms with Gasteiger partial charge in [-0.05, 0) is 26.3 Å². The molecule has 18 heavy (non-hydrogen) atoms. The van der Waals surface area contributed by atoms with Gasteiger partial charge in [-0.3, -0.25) is 0 Å². The van der Waals surface area contributed by atoms with Gasteiger partial charge in [0.2, 0.25) is 0 Å². The minimum Gasteiger partial charge on any atom is -0.334 e. The predicted octanol–water partition coefficient (Wildman–Crippen LogP) is 2.39. The molecular formula is C15H21N3. The third-order valence-corrected chi connectivity index (χ3v) is 3.41. The van der Waals surface area contributed by atoms with Gasteiger partial charge in [-0.2, -0.15) is 0 Å². The Kier molecular flexibility index (Phi) is 3.53. The number of hydrogen-bond acceptors (Lipinski definition) is 2. The zero-order valence-corrected chi connectivity index (χ0v) is 11.6. The maximum Gasteiger partial charge on any atom is 0.122 e. The highest BCUT2D eigenvalue weighted by Crippen LogP contribution is 2.16. The number of benzene rings is 1. The molecule has 0 aliphatic heterocycles. The predicted molar refractivity (Wildman–Crippen MR) is 74.6 cm³/mol. The van der Waals surface area contributed by atoms with Crippen LogP contribution in [0.1, 0.15) is 33.9 Å². The number of nitrogens with zero attached hydrogens (tertiary/aromatic N) is 2. The van der Waals surface area contributed by atoms with Crippen LogP contribution >= 0.6 is 0 Å². The van der Waals surface area contributed by atoms with Crippen molar-refractivity contribution in [1.29, 1.82) is 0 Å². The number of nitrogens with two attached hydrogens (primary N) is 1. The number of imidazole rings is 1. The Morgan fingerprint density at radius 2 is 1.72 bits per heavy atom. The Morgan fingerprint density at radius 3 is 2.22 bits per heavy atom. The minimum atomic E-state index is 0.490. The average molecular weight is 243 g/mol. The van der Waals surface area contributed by atoms with Crippen LogP contribution < -0.4 is 5.73 Å². The summed E-state index contributed by atoms with van der Waals surface area (Å²) in [5, 5.41) is 0. The van der Waals surface area contributed by atoms with E-state index in [2.05, 4.69) is 48.5 Å². The van der Waals surface area contributed by atoms with Crippen LogP contribution in [0.2, 0.25) is 0 Å². The maximum atomic E-state index is 5.69. The first kappa shape index (κ1) is 12.8. The first-order valence-corrected chi connectivity index (χ1v) is 6.29. The molecule has 3 nitrogen and oxygen atoms in total. The van der Waals surface area contributed by atoms with E-state index < -0.39 is 0 Å². The van der Waals surface area contributed by atoms with Crippen molar-refractivity contribution >= 4 is 0 Å². The van der Waals surface area contributed by atoms with Crippen LogP contribution in [0, 0.1) is 20.8 Å². The standard InChI is InChI=1S/C15H21N3/c1-10-5-11(2)7-13(6-10)8-14-12(3)18(4)15(9-16)17-14/h5-7H,8-9,16H2,1-4H3. The van der Waals surface area contributed by atoms with Crippen LogP contribution in [0.3, 0.4) is 0 Å². The van der Waals surface area contributed by atoms with E-state index in [9.17, 15) is 0 Å². The number of aryl methyl sites for hydroxylation is 2. The molecular weight excluding hydrogens is 222 g/mol. The Morgan fingerprint density at radius 1 is 1.11 bits per heavy atom. The number of aromatic nitrogens is 2. The van der Waals surface area contributed by atoms with E-state index in [1.807, 2.05) is 7.05 Å². The highest BCUT2D eigenvalue weighted by atomic mass is 15.1. The molecule has 1 aromatic heterocycles. The van der Waals surface area contributed by atoms with Crippen LogP contribution in [0.4, 0.5) is 0 Å². The molecule has 0 fully saturated rings. The molecule has 0 bridgehead atoms. The summed E-state index contributed by atoms with van der Waals surface area (Å²) < 4.78 is 2.08. The quantitative estimate of drug-likeness (QED) is 0.899. The van der Waals surface area contributed by atoms with Gasteiger partial charge >= 0.3 is 0 Å². The van der Waals surface area contributed by atoms with E-state index in [-0.39, 0.29) is 0 Å². The van der Waals surface area contributed by atoms with Gasteiger partial charge in [0.25, 0.3) is 0 Å². The highest BCUT2D eigenvalue weighted by molar-refractivity contribution is 5.32.